The number of alkyl halides is 3. The Kier molecular flexibility index (Phi) is 5.68. The molecule has 0 amide bonds. The Morgan fingerprint density at radius 2 is 2.03 bits per heavy atom. The lowest BCUT2D eigenvalue weighted by Gasteiger charge is -2.14. The maximum absolute atomic E-state index is 13.2. The molecule has 0 saturated heterocycles. The number of halogens is 3. The second kappa shape index (κ2) is 7.75. The third-order valence-corrected chi connectivity index (χ3v) is 5.91. The van der Waals surface area contributed by atoms with E-state index in [2.05, 4.69) is 4.98 Å². The monoisotopic (exact) mass is 429 g/mol. The molecule has 0 aliphatic heterocycles. The zero-order chi connectivity index (χ0) is 21.4. The van der Waals surface area contributed by atoms with E-state index >= 15 is 0 Å². The summed E-state index contributed by atoms with van der Waals surface area (Å²) in [5, 5.41) is 9.52. The zero-order valence-corrected chi connectivity index (χ0v) is 16.2. The van der Waals surface area contributed by atoms with Gasteiger partial charge in [-0.15, -0.1) is 0 Å². The van der Waals surface area contributed by atoms with E-state index in [1.54, 1.807) is 0 Å². The summed E-state index contributed by atoms with van der Waals surface area (Å²) in [4.78, 5) is 16.6. The number of aliphatic hydroxyl groups is 1. The maximum atomic E-state index is 13.2. The van der Waals surface area contributed by atoms with Gasteiger partial charge in [-0.2, -0.15) is 21.6 Å². The second-order valence-electron chi connectivity index (χ2n) is 6.67. The van der Waals surface area contributed by atoms with Crippen molar-refractivity contribution >= 4 is 15.9 Å². The standard InChI is InChI=1S/C19H18F3NO5S/c1-2-29(26,27)28-17-9-14-11(7-13(17)10-24)6-12(18(14)25)8-16-15(19(20,21)22)4-3-5-23-16/h3-5,7,9,12,24H,2,6,8,10H2,1H3. The van der Waals surface area contributed by atoms with Crippen LogP contribution in [0.5, 0.6) is 5.75 Å². The molecule has 3 rings (SSSR count). The predicted molar refractivity (Wildman–Crippen MR) is 96.9 cm³/mol. The number of ketones is 1. The first-order valence-electron chi connectivity index (χ1n) is 8.79. The van der Waals surface area contributed by atoms with Gasteiger partial charge in [0.05, 0.1) is 23.6 Å². The Morgan fingerprint density at radius 1 is 1.31 bits per heavy atom. The minimum Gasteiger partial charge on any atom is -0.392 e. The van der Waals surface area contributed by atoms with Gasteiger partial charge in [-0.05, 0) is 43.2 Å². The minimum absolute atomic E-state index is 0.157. The van der Waals surface area contributed by atoms with Crippen LogP contribution < -0.4 is 4.18 Å². The fraction of sp³-hybridized carbons (Fsp3) is 0.368. The van der Waals surface area contributed by atoms with E-state index in [1.165, 1.54) is 31.3 Å². The lowest BCUT2D eigenvalue weighted by Crippen LogP contribution is -2.17. The summed E-state index contributed by atoms with van der Waals surface area (Å²) in [5.41, 5.74) is -0.229. The van der Waals surface area contributed by atoms with Gasteiger partial charge < -0.3 is 9.29 Å². The number of hydrogen-bond acceptors (Lipinski definition) is 6. The average Bonchev–Trinajstić information content (AvgIpc) is 2.95. The van der Waals surface area contributed by atoms with Crippen LogP contribution in [0.1, 0.15) is 39.7 Å². The lowest BCUT2D eigenvalue weighted by molar-refractivity contribution is -0.138. The fourth-order valence-electron chi connectivity index (χ4n) is 3.31. The number of Topliss-reactive ketones (excluding diaryl/α,β-unsaturated/α-hetero) is 1. The maximum Gasteiger partial charge on any atom is 0.418 e. The van der Waals surface area contributed by atoms with Crippen molar-refractivity contribution in [2.75, 3.05) is 5.75 Å². The van der Waals surface area contributed by atoms with Crippen molar-refractivity contribution in [3.05, 3.63) is 58.4 Å². The Bertz CT molecular complexity index is 1050. The molecule has 1 N–H and O–H groups in total. The van der Waals surface area contributed by atoms with Gasteiger partial charge >= 0.3 is 16.3 Å². The highest BCUT2D eigenvalue weighted by Crippen LogP contribution is 2.37. The molecule has 0 bridgehead atoms. The summed E-state index contributed by atoms with van der Waals surface area (Å²) in [6.45, 7) is 0.868. The van der Waals surface area contributed by atoms with Crippen LogP contribution in [0.3, 0.4) is 0 Å². The Hall–Kier alpha value is -2.46. The Labute approximate surface area is 165 Å². The highest BCUT2D eigenvalue weighted by atomic mass is 32.2. The molecule has 2 aromatic rings. The van der Waals surface area contributed by atoms with Crippen LogP contribution in [0, 0.1) is 5.92 Å². The molecule has 156 valence electrons. The van der Waals surface area contributed by atoms with Crippen molar-refractivity contribution < 1.29 is 35.7 Å². The molecule has 0 fully saturated rings. The van der Waals surface area contributed by atoms with Crippen LogP contribution >= 0.6 is 0 Å². The van der Waals surface area contributed by atoms with Crippen LogP contribution in [-0.4, -0.2) is 30.0 Å². The van der Waals surface area contributed by atoms with Gasteiger partial charge in [0.25, 0.3) is 0 Å². The topological polar surface area (TPSA) is 93.6 Å². The summed E-state index contributed by atoms with van der Waals surface area (Å²) < 4.78 is 68.1. The first kappa shape index (κ1) is 21.3. The van der Waals surface area contributed by atoms with Crippen LogP contribution in [0.25, 0.3) is 0 Å². The molecule has 1 aliphatic carbocycles. The van der Waals surface area contributed by atoms with E-state index < -0.39 is 40.2 Å². The Balaban J connectivity index is 1.92. The second-order valence-corrected chi connectivity index (χ2v) is 8.53. The molecule has 1 aromatic carbocycles. The summed E-state index contributed by atoms with van der Waals surface area (Å²) in [6, 6.07) is 4.79. The van der Waals surface area contributed by atoms with Crippen molar-refractivity contribution in [1.82, 2.24) is 4.98 Å². The van der Waals surface area contributed by atoms with E-state index in [-0.39, 0.29) is 41.2 Å². The van der Waals surface area contributed by atoms with Crippen LogP contribution in [0.4, 0.5) is 13.2 Å². The van der Waals surface area contributed by atoms with E-state index in [1.807, 2.05) is 0 Å². The molecule has 0 spiro atoms. The molecule has 0 radical (unpaired) electrons. The van der Waals surface area contributed by atoms with Crippen LogP contribution in [-0.2, 0) is 35.7 Å². The van der Waals surface area contributed by atoms with Crippen molar-refractivity contribution in [3.63, 3.8) is 0 Å². The molecule has 1 heterocycles. The number of hydrogen-bond donors (Lipinski definition) is 1. The van der Waals surface area contributed by atoms with Crippen molar-refractivity contribution in [2.24, 2.45) is 5.92 Å². The number of pyridine rings is 1. The predicted octanol–water partition coefficient (Wildman–Crippen LogP) is 2.92. The minimum atomic E-state index is -4.59. The number of nitrogens with zero attached hydrogens (tertiary/aromatic N) is 1. The largest absolute Gasteiger partial charge is 0.418 e. The van der Waals surface area contributed by atoms with E-state index in [4.69, 9.17) is 4.18 Å². The SMILES string of the molecule is CCS(=O)(=O)Oc1cc2c(cc1CO)CC(Cc1ncccc1C(F)(F)F)C2=O. The summed E-state index contributed by atoms with van der Waals surface area (Å²) in [6.07, 6.45) is -3.39. The molecule has 6 nitrogen and oxygen atoms in total. The number of benzene rings is 1. The van der Waals surface area contributed by atoms with Gasteiger partial charge in [0.2, 0.25) is 0 Å². The first-order valence-corrected chi connectivity index (χ1v) is 10.4. The Morgan fingerprint density at radius 3 is 2.66 bits per heavy atom. The van der Waals surface area contributed by atoms with Gasteiger partial charge in [-0.25, -0.2) is 0 Å². The van der Waals surface area contributed by atoms with E-state index in [0.29, 0.717) is 5.56 Å². The molecule has 1 atom stereocenters. The van der Waals surface area contributed by atoms with Gasteiger partial charge in [-0.3, -0.25) is 9.78 Å². The van der Waals surface area contributed by atoms with Gasteiger partial charge in [0.15, 0.2) is 5.78 Å². The fourth-order valence-corrected chi connectivity index (χ4v) is 3.85. The van der Waals surface area contributed by atoms with E-state index in [0.717, 1.165) is 6.07 Å². The molecular weight excluding hydrogens is 411 g/mol. The number of fused-ring (bicyclic) bond motifs is 1. The molecule has 10 heteroatoms. The average molecular weight is 429 g/mol. The zero-order valence-electron chi connectivity index (χ0n) is 15.4. The quantitative estimate of drug-likeness (QED) is 0.710. The highest BCUT2D eigenvalue weighted by molar-refractivity contribution is 7.87. The summed E-state index contributed by atoms with van der Waals surface area (Å²) >= 11 is 0. The smallest absolute Gasteiger partial charge is 0.392 e. The molecule has 29 heavy (non-hydrogen) atoms. The third-order valence-electron chi connectivity index (χ3n) is 4.76. The number of carbonyl (C=O) groups excluding carboxylic acids is 1. The van der Waals surface area contributed by atoms with Crippen molar-refractivity contribution in [2.45, 2.75) is 32.5 Å². The van der Waals surface area contributed by atoms with Gasteiger partial charge in [0.1, 0.15) is 5.75 Å². The number of aromatic nitrogens is 1. The van der Waals surface area contributed by atoms with Crippen LogP contribution in [0.15, 0.2) is 30.5 Å². The molecule has 0 saturated carbocycles. The van der Waals surface area contributed by atoms with Crippen molar-refractivity contribution in [3.8, 4) is 5.75 Å². The molecule has 1 aliphatic rings. The summed E-state index contributed by atoms with van der Waals surface area (Å²) in [7, 11) is -3.88. The number of aliphatic hydroxyl groups excluding tert-OH is 1. The van der Waals surface area contributed by atoms with Gasteiger partial charge in [-0.1, -0.05) is 0 Å². The lowest BCUT2D eigenvalue weighted by atomic mass is 9.96. The number of rotatable bonds is 6. The normalized spacial score (nSPS) is 16.7. The molecular formula is C19H18F3NO5S. The van der Waals surface area contributed by atoms with Crippen molar-refractivity contribution in [1.29, 1.82) is 0 Å². The number of carbonyl (C=O) groups is 1. The van der Waals surface area contributed by atoms with Crippen LogP contribution in [0.2, 0.25) is 0 Å². The van der Waals surface area contributed by atoms with Gasteiger partial charge in [0, 0.05) is 29.7 Å². The van der Waals surface area contributed by atoms with E-state index in [9.17, 15) is 31.5 Å². The third kappa shape index (κ3) is 4.43. The first-order chi connectivity index (χ1) is 13.6. The molecule has 1 unspecified atom stereocenters. The molecule has 1 aromatic heterocycles. The summed E-state index contributed by atoms with van der Waals surface area (Å²) in [5.74, 6) is -1.64. The highest BCUT2D eigenvalue weighted by Gasteiger charge is 2.37.